The molecule has 2 aromatic rings. The summed E-state index contributed by atoms with van der Waals surface area (Å²) in [6.07, 6.45) is 0. The number of sulfonamides is 1. The van der Waals surface area contributed by atoms with Gasteiger partial charge in [0.1, 0.15) is 11.6 Å². The standard InChI is InChI=1S/C17H15ClF2N2O5S/c1-22(2)28(25,26)11-4-5-13(18)12(8-11)17(24)27-9-16(23)21-15-7-10(19)3-6-14(15)20/h3-8H,9H2,1-2H3,(H,21,23). The van der Waals surface area contributed by atoms with Crippen LogP contribution < -0.4 is 5.32 Å². The highest BCUT2D eigenvalue weighted by molar-refractivity contribution is 7.89. The van der Waals surface area contributed by atoms with Gasteiger partial charge in [-0.1, -0.05) is 11.6 Å². The molecule has 0 aliphatic heterocycles. The van der Waals surface area contributed by atoms with Crippen molar-refractivity contribution in [2.75, 3.05) is 26.0 Å². The second-order valence-electron chi connectivity index (χ2n) is 5.68. The second kappa shape index (κ2) is 8.63. The molecule has 0 saturated heterocycles. The number of halogens is 3. The van der Waals surface area contributed by atoms with Crippen molar-refractivity contribution >= 4 is 39.2 Å². The van der Waals surface area contributed by atoms with Crippen LogP contribution in [0, 0.1) is 11.6 Å². The summed E-state index contributed by atoms with van der Waals surface area (Å²) in [6.45, 7) is -0.824. The first-order valence-corrected chi connectivity index (χ1v) is 9.48. The normalized spacial score (nSPS) is 11.4. The zero-order valence-corrected chi connectivity index (χ0v) is 16.3. The number of rotatable bonds is 6. The average molecular weight is 433 g/mol. The Labute approximate surface area is 164 Å². The summed E-state index contributed by atoms with van der Waals surface area (Å²) in [5.74, 6) is -3.62. The first kappa shape index (κ1) is 21.7. The topological polar surface area (TPSA) is 92.8 Å². The van der Waals surface area contributed by atoms with Crippen LogP contribution in [0.15, 0.2) is 41.3 Å². The van der Waals surface area contributed by atoms with Crippen LogP contribution in [0.3, 0.4) is 0 Å². The second-order valence-corrected chi connectivity index (χ2v) is 8.24. The zero-order chi connectivity index (χ0) is 21.1. The molecule has 0 radical (unpaired) electrons. The van der Waals surface area contributed by atoms with E-state index in [1.807, 2.05) is 0 Å². The van der Waals surface area contributed by atoms with Gasteiger partial charge < -0.3 is 10.1 Å². The average Bonchev–Trinajstić information content (AvgIpc) is 2.62. The molecule has 0 aliphatic carbocycles. The smallest absolute Gasteiger partial charge is 0.340 e. The number of ether oxygens (including phenoxy) is 1. The van der Waals surface area contributed by atoms with Crippen molar-refractivity contribution in [3.05, 3.63) is 58.6 Å². The molecule has 0 aromatic heterocycles. The van der Waals surface area contributed by atoms with E-state index in [-0.39, 0.29) is 15.5 Å². The van der Waals surface area contributed by atoms with E-state index in [2.05, 4.69) is 5.32 Å². The largest absolute Gasteiger partial charge is 0.452 e. The molecule has 7 nitrogen and oxygen atoms in total. The minimum Gasteiger partial charge on any atom is -0.452 e. The van der Waals surface area contributed by atoms with Crippen LogP contribution in [-0.2, 0) is 19.6 Å². The minimum atomic E-state index is -3.82. The van der Waals surface area contributed by atoms with E-state index in [0.717, 1.165) is 28.6 Å². The number of carbonyl (C=O) groups is 2. The van der Waals surface area contributed by atoms with Gasteiger partial charge in [-0.15, -0.1) is 0 Å². The maximum Gasteiger partial charge on any atom is 0.340 e. The molecule has 0 bridgehead atoms. The highest BCUT2D eigenvalue weighted by Crippen LogP contribution is 2.23. The van der Waals surface area contributed by atoms with E-state index < -0.39 is 45.8 Å². The minimum absolute atomic E-state index is 0.0840. The molecule has 150 valence electrons. The van der Waals surface area contributed by atoms with Crippen molar-refractivity contribution < 1.29 is 31.5 Å². The highest BCUT2D eigenvalue weighted by atomic mass is 35.5. The van der Waals surface area contributed by atoms with Crippen molar-refractivity contribution in [2.45, 2.75) is 4.90 Å². The van der Waals surface area contributed by atoms with E-state index in [1.165, 1.54) is 26.2 Å². The van der Waals surface area contributed by atoms with E-state index in [1.54, 1.807) is 0 Å². The predicted molar refractivity (Wildman–Crippen MR) is 97.6 cm³/mol. The lowest BCUT2D eigenvalue weighted by Gasteiger charge is -2.13. The SMILES string of the molecule is CN(C)S(=O)(=O)c1ccc(Cl)c(C(=O)OCC(=O)Nc2cc(F)ccc2F)c1. The zero-order valence-electron chi connectivity index (χ0n) is 14.7. The van der Waals surface area contributed by atoms with E-state index >= 15 is 0 Å². The molecule has 0 fully saturated rings. The van der Waals surface area contributed by atoms with Crippen molar-refractivity contribution in [2.24, 2.45) is 0 Å². The third-order valence-corrected chi connectivity index (χ3v) is 5.61. The molecule has 1 amide bonds. The summed E-state index contributed by atoms with van der Waals surface area (Å²) in [7, 11) is -1.19. The number of benzene rings is 2. The van der Waals surface area contributed by atoms with E-state index in [4.69, 9.17) is 16.3 Å². The molecule has 0 heterocycles. The fraction of sp³-hybridized carbons (Fsp3) is 0.176. The predicted octanol–water partition coefficient (Wildman–Crippen LogP) is 2.66. The molecule has 11 heteroatoms. The van der Waals surface area contributed by atoms with Gasteiger partial charge in [0, 0.05) is 20.2 Å². The Morgan fingerprint density at radius 3 is 2.46 bits per heavy atom. The van der Waals surface area contributed by atoms with E-state index in [0.29, 0.717) is 0 Å². The number of hydrogen-bond acceptors (Lipinski definition) is 5. The monoisotopic (exact) mass is 432 g/mol. The van der Waals surface area contributed by atoms with Gasteiger partial charge in [0.05, 0.1) is 21.2 Å². The molecule has 0 saturated carbocycles. The van der Waals surface area contributed by atoms with Gasteiger partial charge in [-0.05, 0) is 30.3 Å². The Morgan fingerprint density at radius 2 is 1.82 bits per heavy atom. The van der Waals surface area contributed by atoms with Gasteiger partial charge in [-0.2, -0.15) is 0 Å². The number of nitrogens with one attached hydrogen (secondary N) is 1. The fourth-order valence-corrected chi connectivity index (χ4v) is 3.14. The van der Waals surface area contributed by atoms with Crippen LogP contribution in [0.2, 0.25) is 5.02 Å². The lowest BCUT2D eigenvalue weighted by atomic mass is 10.2. The van der Waals surface area contributed by atoms with Crippen molar-refractivity contribution in [3.8, 4) is 0 Å². The van der Waals surface area contributed by atoms with Gasteiger partial charge >= 0.3 is 5.97 Å². The Bertz CT molecular complexity index is 1030. The first-order valence-electron chi connectivity index (χ1n) is 7.66. The third kappa shape index (κ3) is 5.03. The molecule has 2 aromatic carbocycles. The molecule has 0 spiro atoms. The summed E-state index contributed by atoms with van der Waals surface area (Å²) in [5.41, 5.74) is -0.688. The summed E-state index contributed by atoms with van der Waals surface area (Å²) in [6, 6.07) is 5.91. The van der Waals surface area contributed by atoms with Crippen molar-refractivity contribution in [1.29, 1.82) is 0 Å². The van der Waals surface area contributed by atoms with Crippen LogP contribution in [0.4, 0.5) is 14.5 Å². The van der Waals surface area contributed by atoms with Gasteiger partial charge in [0.2, 0.25) is 10.0 Å². The first-order chi connectivity index (χ1) is 13.0. The summed E-state index contributed by atoms with van der Waals surface area (Å²) >= 11 is 5.90. The molecule has 1 N–H and O–H groups in total. The summed E-state index contributed by atoms with van der Waals surface area (Å²) in [5, 5.41) is 1.97. The molecule has 28 heavy (non-hydrogen) atoms. The van der Waals surface area contributed by atoms with Gasteiger partial charge in [0.25, 0.3) is 5.91 Å². The molecule has 0 unspecified atom stereocenters. The maximum atomic E-state index is 13.5. The van der Waals surface area contributed by atoms with Crippen molar-refractivity contribution in [3.63, 3.8) is 0 Å². The Kier molecular flexibility index (Phi) is 6.70. The third-order valence-electron chi connectivity index (χ3n) is 3.47. The molecule has 0 atom stereocenters. The molecule has 0 aliphatic rings. The Balaban J connectivity index is 2.11. The summed E-state index contributed by atoms with van der Waals surface area (Å²) < 4.78 is 56.6. The Morgan fingerprint density at radius 1 is 1.14 bits per heavy atom. The maximum absolute atomic E-state index is 13.5. The quantitative estimate of drug-likeness (QED) is 0.708. The fourth-order valence-electron chi connectivity index (χ4n) is 2.02. The van der Waals surface area contributed by atoms with E-state index in [9.17, 15) is 26.8 Å². The highest BCUT2D eigenvalue weighted by Gasteiger charge is 2.22. The molecular weight excluding hydrogens is 418 g/mol. The van der Waals surface area contributed by atoms with Crippen molar-refractivity contribution in [1.82, 2.24) is 4.31 Å². The lowest BCUT2D eigenvalue weighted by Crippen LogP contribution is -2.23. The van der Waals surface area contributed by atoms with Gasteiger partial charge in [-0.3, -0.25) is 4.79 Å². The number of carbonyl (C=O) groups excluding carboxylic acids is 2. The molecule has 2 rings (SSSR count). The lowest BCUT2D eigenvalue weighted by molar-refractivity contribution is -0.119. The number of hydrogen-bond donors (Lipinski definition) is 1. The van der Waals surface area contributed by atoms with Crippen LogP contribution in [-0.4, -0.2) is 45.3 Å². The van der Waals surface area contributed by atoms with Gasteiger partial charge in [-0.25, -0.2) is 26.3 Å². The number of anilines is 1. The summed E-state index contributed by atoms with van der Waals surface area (Å²) in [4.78, 5) is 23.8. The van der Waals surface area contributed by atoms with Crippen LogP contribution in [0.1, 0.15) is 10.4 Å². The number of esters is 1. The number of amides is 1. The van der Waals surface area contributed by atoms with Crippen LogP contribution >= 0.6 is 11.6 Å². The Hall–Kier alpha value is -2.56. The van der Waals surface area contributed by atoms with Crippen LogP contribution in [0.5, 0.6) is 0 Å². The van der Waals surface area contributed by atoms with Gasteiger partial charge in [0.15, 0.2) is 6.61 Å². The van der Waals surface area contributed by atoms with Crippen LogP contribution in [0.25, 0.3) is 0 Å². The number of nitrogens with zero attached hydrogens (tertiary/aromatic N) is 1. The molecular formula is C17H15ClF2N2O5S.